The number of amides is 2. The van der Waals surface area contributed by atoms with Crippen molar-refractivity contribution in [1.29, 1.82) is 0 Å². The maximum absolute atomic E-state index is 12.7. The lowest BCUT2D eigenvalue weighted by Gasteiger charge is -2.24. The number of aliphatic hydroxyl groups excluding tert-OH is 1. The summed E-state index contributed by atoms with van der Waals surface area (Å²) in [4.78, 5) is 24.1. The van der Waals surface area contributed by atoms with E-state index in [1.54, 1.807) is 54.6 Å². The summed E-state index contributed by atoms with van der Waals surface area (Å²) in [6, 6.07) is 21.1. The molecule has 0 heterocycles. The molecule has 0 aliphatic heterocycles. The Labute approximate surface area is 245 Å². The second-order valence-electron chi connectivity index (χ2n) is 10.3. The van der Waals surface area contributed by atoms with Crippen LogP contribution in [0.15, 0.2) is 72.8 Å². The maximum Gasteiger partial charge on any atom is 0.404 e. The quantitative estimate of drug-likeness (QED) is 0.271. The fourth-order valence-corrected chi connectivity index (χ4v) is 5.35. The molecule has 2 atom stereocenters. The van der Waals surface area contributed by atoms with Gasteiger partial charge < -0.3 is 25.1 Å². The van der Waals surface area contributed by atoms with Crippen LogP contribution in [0.3, 0.4) is 0 Å². The van der Waals surface area contributed by atoms with Crippen LogP contribution in [0, 0.1) is 0 Å². The molecule has 3 aromatic carbocycles. The molecular weight excluding hydrogens is 560 g/mol. The SMILES string of the molecule is CS(=O)(=O)NC(=O)c1ccc(-c2ccc(OCCC(OC(N)=O)[C@H](O)c3ccccc3)cc2)cc1OC1CCCCC1. The number of rotatable bonds is 12. The van der Waals surface area contributed by atoms with Crippen LogP contribution in [0.4, 0.5) is 4.79 Å². The van der Waals surface area contributed by atoms with E-state index >= 15 is 0 Å². The number of hydrogen-bond donors (Lipinski definition) is 3. The molecule has 2 amide bonds. The van der Waals surface area contributed by atoms with Gasteiger partial charge in [0.2, 0.25) is 10.0 Å². The number of primary amides is 1. The van der Waals surface area contributed by atoms with Gasteiger partial charge in [-0.05, 0) is 66.6 Å². The molecule has 1 saturated carbocycles. The molecule has 1 aliphatic carbocycles. The van der Waals surface area contributed by atoms with E-state index < -0.39 is 34.2 Å². The standard InChI is InChI=1S/C31H36N2O8S/c1-42(37,38)33-30(35)26-17-14-23(20-28(26)40-25-10-6-3-7-11-25)21-12-15-24(16-13-21)39-19-18-27(41-31(32)36)29(34)22-8-4-2-5-9-22/h2,4-5,8-9,12-17,20,25,27,29,34H,3,6-7,10-11,18-19H2,1H3,(H2,32,36)(H,33,35)/t27?,29-/m1/s1. The van der Waals surface area contributed by atoms with E-state index in [9.17, 15) is 23.1 Å². The summed E-state index contributed by atoms with van der Waals surface area (Å²) in [6.45, 7) is 0.157. The Morgan fingerprint density at radius 3 is 2.29 bits per heavy atom. The van der Waals surface area contributed by atoms with Gasteiger partial charge in [-0.15, -0.1) is 0 Å². The van der Waals surface area contributed by atoms with Gasteiger partial charge in [0.05, 0.1) is 24.5 Å². The van der Waals surface area contributed by atoms with Gasteiger partial charge in [-0.1, -0.05) is 55.0 Å². The second kappa shape index (κ2) is 14.2. The third-order valence-corrected chi connectivity index (χ3v) is 7.53. The van der Waals surface area contributed by atoms with Gasteiger partial charge in [0, 0.05) is 6.42 Å². The second-order valence-corrected chi connectivity index (χ2v) is 12.0. The summed E-state index contributed by atoms with van der Waals surface area (Å²) in [7, 11) is -3.74. The van der Waals surface area contributed by atoms with E-state index in [1.807, 2.05) is 22.9 Å². The molecule has 42 heavy (non-hydrogen) atoms. The first-order chi connectivity index (χ1) is 20.1. The van der Waals surface area contributed by atoms with Crippen LogP contribution in [0.5, 0.6) is 11.5 Å². The number of hydrogen-bond acceptors (Lipinski definition) is 8. The van der Waals surface area contributed by atoms with Crippen molar-refractivity contribution < 1.29 is 37.3 Å². The summed E-state index contributed by atoms with van der Waals surface area (Å²) < 4.78 is 42.5. The molecule has 0 saturated heterocycles. The Morgan fingerprint density at radius 2 is 1.64 bits per heavy atom. The normalized spacial score (nSPS) is 15.3. The predicted octanol–water partition coefficient (Wildman–Crippen LogP) is 4.72. The van der Waals surface area contributed by atoms with Crippen LogP contribution in [-0.2, 0) is 14.8 Å². The van der Waals surface area contributed by atoms with Crippen molar-refractivity contribution in [3.8, 4) is 22.6 Å². The first-order valence-electron chi connectivity index (χ1n) is 13.8. The molecule has 0 radical (unpaired) electrons. The topological polar surface area (TPSA) is 154 Å². The number of nitrogens with one attached hydrogen (secondary N) is 1. The number of ether oxygens (including phenoxy) is 3. The summed E-state index contributed by atoms with van der Waals surface area (Å²) >= 11 is 0. The van der Waals surface area contributed by atoms with E-state index in [4.69, 9.17) is 19.9 Å². The van der Waals surface area contributed by atoms with Gasteiger partial charge >= 0.3 is 6.09 Å². The zero-order valence-corrected chi connectivity index (χ0v) is 24.2. The number of nitrogens with two attached hydrogens (primary N) is 1. The number of carbonyl (C=O) groups is 2. The third-order valence-electron chi connectivity index (χ3n) is 6.97. The van der Waals surface area contributed by atoms with Crippen LogP contribution in [0.1, 0.15) is 60.6 Å². The van der Waals surface area contributed by atoms with Crippen molar-refractivity contribution >= 4 is 22.0 Å². The number of benzene rings is 3. The van der Waals surface area contributed by atoms with Gasteiger partial charge in [0.15, 0.2) is 0 Å². The molecule has 4 N–H and O–H groups in total. The number of aliphatic hydroxyl groups is 1. The first-order valence-corrected chi connectivity index (χ1v) is 15.7. The van der Waals surface area contributed by atoms with Crippen LogP contribution >= 0.6 is 0 Å². The van der Waals surface area contributed by atoms with E-state index in [0.29, 0.717) is 17.1 Å². The van der Waals surface area contributed by atoms with E-state index in [0.717, 1.165) is 49.5 Å². The number of sulfonamides is 1. The van der Waals surface area contributed by atoms with Crippen molar-refractivity contribution in [2.24, 2.45) is 5.73 Å². The lowest BCUT2D eigenvalue weighted by atomic mass is 9.97. The van der Waals surface area contributed by atoms with Crippen molar-refractivity contribution in [3.63, 3.8) is 0 Å². The molecular formula is C31H36N2O8S. The minimum absolute atomic E-state index is 0.0441. The molecule has 1 fully saturated rings. The molecule has 11 heteroatoms. The summed E-state index contributed by atoms with van der Waals surface area (Å²) in [5, 5.41) is 10.7. The summed E-state index contributed by atoms with van der Waals surface area (Å²) in [5.41, 5.74) is 7.57. The van der Waals surface area contributed by atoms with Crippen LogP contribution in [0.25, 0.3) is 11.1 Å². The molecule has 1 unspecified atom stereocenters. The van der Waals surface area contributed by atoms with Crippen molar-refractivity contribution in [3.05, 3.63) is 83.9 Å². The highest BCUT2D eigenvalue weighted by molar-refractivity contribution is 7.89. The third kappa shape index (κ3) is 8.95. The molecule has 0 spiro atoms. The largest absolute Gasteiger partial charge is 0.493 e. The molecule has 224 valence electrons. The van der Waals surface area contributed by atoms with Gasteiger partial charge in [0.1, 0.15) is 23.7 Å². The minimum Gasteiger partial charge on any atom is -0.493 e. The Bertz CT molecular complexity index is 1460. The van der Waals surface area contributed by atoms with Crippen molar-refractivity contribution in [2.75, 3.05) is 12.9 Å². The van der Waals surface area contributed by atoms with Crippen LogP contribution in [-0.4, -0.2) is 50.6 Å². The Morgan fingerprint density at radius 1 is 0.976 bits per heavy atom. The highest BCUT2D eigenvalue weighted by Crippen LogP contribution is 2.32. The summed E-state index contributed by atoms with van der Waals surface area (Å²) in [6.07, 6.45) is 3.14. The zero-order chi connectivity index (χ0) is 30.1. The molecule has 1 aliphatic rings. The lowest BCUT2D eigenvalue weighted by Crippen LogP contribution is -2.30. The summed E-state index contributed by atoms with van der Waals surface area (Å²) in [5.74, 6) is 0.154. The van der Waals surface area contributed by atoms with Gasteiger partial charge in [-0.3, -0.25) is 4.79 Å². The maximum atomic E-state index is 12.7. The van der Waals surface area contributed by atoms with Crippen molar-refractivity contribution in [1.82, 2.24) is 4.72 Å². The lowest BCUT2D eigenvalue weighted by molar-refractivity contribution is -0.00537. The smallest absolute Gasteiger partial charge is 0.404 e. The zero-order valence-electron chi connectivity index (χ0n) is 23.4. The van der Waals surface area contributed by atoms with E-state index in [2.05, 4.69) is 0 Å². The molecule has 10 nitrogen and oxygen atoms in total. The minimum atomic E-state index is -3.74. The molecule has 4 rings (SSSR count). The van der Waals surface area contributed by atoms with Crippen molar-refractivity contribution in [2.45, 2.75) is 56.8 Å². The van der Waals surface area contributed by atoms with E-state index in [-0.39, 0.29) is 24.7 Å². The molecule has 3 aromatic rings. The monoisotopic (exact) mass is 596 g/mol. The first kappa shape index (κ1) is 30.9. The highest BCUT2D eigenvalue weighted by atomic mass is 32.2. The highest BCUT2D eigenvalue weighted by Gasteiger charge is 2.25. The fourth-order valence-electron chi connectivity index (χ4n) is 4.90. The molecule has 0 bridgehead atoms. The Hall–Kier alpha value is -4.09. The van der Waals surface area contributed by atoms with Gasteiger partial charge in [0.25, 0.3) is 5.91 Å². The number of carbonyl (C=O) groups excluding carboxylic acids is 2. The Kier molecular flexibility index (Phi) is 10.4. The Balaban J connectivity index is 1.45. The van der Waals surface area contributed by atoms with Crippen LogP contribution < -0.4 is 19.9 Å². The molecule has 0 aromatic heterocycles. The van der Waals surface area contributed by atoms with Gasteiger partial charge in [-0.2, -0.15) is 0 Å². The van der Waals surface area contributed by atoms with Gasteiger partial charge in [-0.25, -0.2) is 17.9 Å². The average Bonchev–Trinajstić information content (AvgIpc) is 2.96. The van der Waals surface area contributed by atoms with E-state index in [1.165, 1.54) is 0 Å². The predicted molar refractivity (Wildman–Crippen MR) is 158 cm³/mol. The average molecular weight is 597 g/mol. The fraction of sp³-hybridized carbons (Fsp3) is 0.355. The van der Waals surface area contributed by atoms with Crippen LogP contribution in [0.2, 0.25) is 0 Å².